The average Bonchev–Trinajstić information content (AvgIpc) is 3.04. The van der Waals surface area contributed by atoms with Gasteiger partial charge in [0.1, 0.15) is 6.23 Å². The number of nitrogens with zero attached hydrogens (tertiary/aromatic N) is 2. The first-order chi connectivity index (χ1) is 12.2. The highest BCUT2D eigenvalue weighted by molar-refractivity contribution is 6.18. The standard InChI is InChI=1S/C22H20N2O/c1-3-4-7-15-14(2)23-13-12-20(25)24-19-9-6-5-8-16(19)18-11-10-17(15)21(23)22(18)24/h3-11,20,25H,1,12-13H2,2H3/b7-4-. The molecule has 5 rings (SSSR count). The topological polar surface area (TPSA) is 30.1 Å². The minimum absolute atomic E-state index is 0.500. The third-order valence-electron chi connectivity index (χ3n) is 5.51. The molecule has 3 nitrogen and oxygen atoms in total. The van der Waals surface area contributed by atoms with Crippen molar-refractivity contribution in [2.24, 2.45) is 0 Å². The maximum Gasteiger partial charge on any atom is 0.133 e. The van der Waals surface area contributed by atoms with Crippen LogP contribution in [0.5, 0.6) is 0 Å². The summed E-state index contributed by atoms with van der Waals surface area (Å²) in [7, 11) is 0. The first-order valence-corrected chi connectivity index (χ1v) is 8.74. The van der Waals surface area contributed by atoms with Gasteiger partial charge in [0.2, 0.25) is 0 Å². The first kappa shape index (κ1) is 14.6. The van der Waals surface area contributed by atoms with Gasteiger partial charge in [-0.2, -0.15) is 0 Å². The Morgan fingerprint density at radius 3 is 2.72 bits per heavy atom. The second-order valence-electron chi connectivity index (χ2n) is 6.76. The molecule has 1 aliphatic rings. The fourth-order valence-corrected chi connectivity index (χ4v) is 4.41. The zero-order valence-corrected chi connectivity index (χ0v) is 14.2. The molecule has 1 aliphatic heterocycles. The minimum Gasteiger partial charge on any atom is -0.373 e. The van der Waals surface area contributed by atoms with Crippen LogP contribution in [0, 0.1) is 6.92 Å². The SMILES string of the molecule is C=C/C=C\c1c(C)n2c3c1ccc1c4ccccc4n(c13)C(O)CC2. The van der Waals surface area contributed by atoms with Crippen molar-refractivity contribution in [1.29, 1.82) is 0 Å². The smallest absolute Gasteiger partial charge is 0.133 e. The summed E-state index contributed by atoms with van der Waals surface area (Å²) in [4.78, 5) is 0. The van der Waals surface area contributed by atoms with Gasteiger partial charge in [0.15, 0.2) is 0 Å². The van der Waals surface area contributed by atoms with E-state index < -0.39 is 6.23 Å². The van der Waals surface area contributed by atoms with Crippen LogP contribution in [0.15, 0.2) is 55.1 Å². The third-order valence-corrected chi connectivity index (χ3v) is 5.51. The predicted molar refractivity (Wildman–Crippen MR) is 105 cm³/mol. The van der Waals surface area contributed by atoms with Crippen molar-refractivity contribution in [2.45, 2.75) is 26.1 Å². The molecule has 2 aromatic carbocycles. The fraction of sp³-hybridized carbons (Fsp3) is 0.182. The molecule has 0 saturated carbocycles. The number of hydrogen-bond acceptors (Lipinski definition) is 1. The van der Waals surface area contributed by atoms with Gasteiger partial charge in [-0.15, -0.1) is 0 Å². The summed E-state index contributed by atoms with van der Waals surface area (Å²) < 4.78 is 4.49. The quantitative estimate of drug-likeness (QED) is 0.507. The Kier molecular flexibility index (Phi) is 2.97. The van der Waals surface area contributed by atoms with Crippen LogP contribution in [0.25, 0.3) is 38.8 Å². The Hall–Kier alpha value is -2.78. The molecule has 0 spiro atoms. The maximum absolute atomic E-state index is 10.9. The lowest BCUT2D eigenvalue weighted by atomic mass is 10.1. The molecule has 0 amide bonds. The predicted octanol–water partition coefficient (Wildman–Crippen LogP) is 5.15. The van der Waals surface area contributed by atoms with Gasteiger partial charge in [-0.1, -0.05) is 55.1 Å². The fourth-order valence-electron chi connectivity index (χ4n) is 4.41. The lowest BCUT2D eigenvalue weighted by molar-refractivity contribution is 0.100. The minimum atomic E-state index is -0.500. The van der Waals surface area contributed by atoms with Crippen LogP contribution in [-0.4, -0.2) is 14.2 Å². The molecule has 3 heterocycles. The molecular weight excluding hydrogens is 308 g/mol. The van der Waals surface area contributed by atoms with Crippen molar-refractivity contribution in [3.05, 3.63) is 66.4 Å². The van der Waals surface area contributed by atoms with Crippen LogP contribution in [0.2, 0.25) is 0 Å². The summed E-state index contributed by atoms with van der Waals surface area (Å²) in [5, 5.41) is 14.5. The number of fused-ring (bicyclic) bond motifs is 3. The van der Waals surface area contributed by atoms with Gasteiger partial charge in [-0.3, -0.25) is 0 Å². The van der Waals surface area contributed by atoms with Crippen LogP contribution >= 0.6 is 0 Å². The first-order valence-electron chi connectivity index (χ1n) is 8.74. The second-order valence-corrected chi connectivity index (χ2v) is 6.76. The number of allylic oxidation sites excluding steroid dienone is 2. The normalized spacial score (nSPS) is 17.3. The monoisotopic (exact) mass is 328 g/mol. The van der Waals surface area contributed by atoms with Crippen molar-refractivity contribution < 1.29 is 5.11 Å². The average molecular weight is 328 g/mol. The number of hydrogen-bond donors (Lipinski definition) is 1. The van der Waals surface area contributed by atoms with Gasteiger partial charge in [0, 0.05) is 40.4 Å². The summed E-state index contributed by atoms with van der Waals surface area (Å²) in [6.45, 7) is 6.78. The molecule has 4 aromatic rings. The van der Waals surface area contributed by atoms with Crippen LogP contribution < -0.4 is 0 Å². The van der Waals surface area contributed by atoms with Gasteiger partial charge < -0.3 is 14.2 Å². The van der Waals surface area contributed by atoms with Gasteiger partial charge in [-0.25, -0.2) is 0 Å². The molecule has 3 heteroatoms. The number of aliphatic hydroxyl groups is 1. The van der Waals surface area contributed by atoms with E-state index in [-0.39, 0.29) is 0 Å². The van der Waals surface area contributed by atoms with Crippen molar-refractivity contribution in [2.75, 3.05) is 0 Å². The van der Waals surface area contributed by atoms with Crippen LogP contribution in [-0.2, 0) is 6.54 Å². The Morgan fingerprint density at radius 2 is 1.88 bits per heavy atom. The molecule has 1 atom stereocenters. The van der Waals surface area contributed by atoms with Crippen LogP contribution in [0.4, 0.5) is 0 Å². The highest BCUT2D eigenvalue weighted by Gasteiger charge is 2.25. The number of para-hydroxylation sites is 1. The summed E-state index contributed by atoms with van der Waals surface area (Å²) >= 11 is 0. The van der Waals surface area contributed by atoms with E-state index in [0.29, 0.717) is 6.42 Å². The van der Waals surface area contributed by atoms with Gasteiger partial charge in [0.25, 0.3) is 0 Å². The van der Waals surface area contributed by atoms with E-state index in [0.717, 1.165) is 17.6 Å². The molecule has 0 bridgehead atoms. The highest BCUT2D eigenvalue weighted by atomic mass is 16.3. The summed E-state index contributed by atoms with van der Waals surface area (Å²) in [6.07, 6.45) is 6.15. The molecule has 2 aromatic heterocycles. The molecule has 0 radical (unpaired) electrons. The lowest BCUT2D eigenvalue weighted by Gasteiger charge is -2.13. The van der Waals surface area contributed by atoms with E-state index in [9.17, 15) is 5.11 Å². The number of aryl methyl sites for hydroxylation is 1. The van der Waals surface area contributed by atoms with E-state index in [2.05, 4.69) is 59.0 Å². The molecule has 0 saturated heterocycles. The van der Waals surface area contributed by atoms with Crippen LogP contribution in [0.3, 0.4) is 0 Å². The van der Waals surface area contributed by atoms with Crippen molar-refractivity contribution >= 4 is 38.8 Å². The van der Waals surface area contributed by atoms with Crippen molar-refractivity contribution in [1.82, 2.24) is 9.13 Å². The Labute approximate surface area is 146 Å². The van der Waals surface area contributed by atoms with Gasteiger partial charge in [-0.05, 0) is 13.0 Å². The lowest BCUT2D eigenvalue weighted by Crippen LogP contribution is -2.08. The maximum atomic E-state index is 10.9. The summed E-state index contributed by atoms with van der Waals surface area (Å²) in [6, 6.07) is 12.8. The van der Waals surface area contributed by atoms with Crippen LogP contribution in [0.1, 0.15) is 23.9 Å². The van der Waals surface area contributed by atoms with Crippen molar-refractivity contribution in [3.63, 3.8) is 0 Å². The summed E-state index contributed by atoms with van der Waals surface area (Å²) in [5.41, 5.74) is 5.96. The van der Waals surface area contributed by atoms with E-state index in [4.69, 9.17) is 0 Å². The van der Waals surface area contributed by atoms with E-state index in [1.54, 1.807) is 0 Å². The molecule has 124 valence electrons. The molecule has 0 fully saturated rings. The number of rotatable bonds is 2. The molecule has 1 N–H and O–H groups in total. The van der Waals surface area contributed by atoms with Gasteiger partial charge in [0.05, 0.1) is 16.6 Å². The second kappa shape index (κ2) is 5.11. The Bertz CT molecular complexity index is 1190. The van der Waals surface area contributed by atoms with Crippen molar-refractivity contribution in [3.8, 4) is 0 Å². The molecule has 25 heavy (non-hydrogen) atoms. The molecule has 1 unspecified atom stereocenters. The number of aromatic nitrogens is 2. The van der Waals surface area contributed by atoms with Gasteiger partial charge >= 0.3 is 0 Å². The largest absolute Gasteiger partial charge is 0.373 e. The molecular formula is C22H20N2O. The van der Waals surface area contributed by atoms with E-state index in [1.807, 2.05) is 18.2 Å². The molecule has 0 aliphatic carbocycles. The zero-order chi connectivity index (χ0) is 17.1. The number of benzene rings is 2. The van der Waals surface area contributed by atoms with E-state index in [1.165, 1.54) is 32.9 Å². The Balaban J connectivity index is 2.06. The summed E-state index contributed by atoms with van der Waals surface area (Å²) in [5.74, 6) is 0. The third kappa shape index (κ3) is 1.79. The Morgan fingerprint density at radius 1 is 1.08 bits per heavy atom. The number of aliphatic hydroxyl groups excluding tert-OH is 1. The zero-order valence-electron chi connectivity index (χ0n) is 14.2. The highest BCUT2D eigenvalue weighted by Crippen LogP contribution is 2.41. The van der Waals surface area contributed by atoms with E-state index >= 15 is 0 Å².